The smallest absolute Gasteiger partial charge is 0.406 e. The van der Waals surface area contributed by atoms with Crippen LogP contribution in [0.3, 0.4) is 0 Å². The number of rotatable bonds is 4. The fourth-order valence-electron chi connectivity index (χ4n) is 9.40. The van der Waals surface area contributed by atoms with Crippen molar-refractivity contribution in [2.75, 3.05) is 82.0 Å². The zero-order chi connectivity index (χ0) is 40.9. The van der Waals surface area contributed by atoms with E-state index in [1.54, 1.807) is 6.07 Å². The molecule has 4 fully saturated rings. The monoisotopic (exact) mass is 810 g/mol. The lowest BCUT2D eigenvalue weighted by Crippen LogP contribution is -2.59. The van der Waals surface area contributed by atoms with E-state index < -0.39 is 36.2 Å². The number of pyridine rings is 1. The zero-order valence-corrected chi connectivity index (χ0v) is 34.0. The Bertz CT molecular complexity index is 2000. The Hall–Kier alpha value is -3.96. The minimum absolute atomic E-state index is 0.0107. The molecule has 3 N–H and O–H groups in total. The lowest BCUT2D eigenvalue weighted by Gasteiger charge is -2.44. The van der Waals surface area contributed by atoms with Crippen LogP contribution >= 0.6 is 0 Å². The summed E-state index contributed by atoms with van der Waals surface area (Å²) in [5, 5.41) is 2.13. The molecule has 5 aliphatic heterocycles. The number of anilines is 2. The SMILES string of the molecule is CC(C)c1ncc(N2CCN3CCOC[C@@H]3C2)cc1-c1c2c3cc(ccc3n1CC(F)(F)F)N1CCO[C@@H](C[C@H](N)C(=O)N3CCC[C@H](N3)C(=O)OCC(C)(C)C2)C1. The van der Waals surface area contributed by atoms with E-state index in [0.29, 0.717) is 86.6 Å². The van der Waals surface area contributed by atoms with Gasteiger partial charge in [0.2, 0.25) is 0 Å². The highest BCUT2D eigenvalue weighted by molar-refractivity contribution is 5.95. The quantitative estimate of drug-likeness (QED) is 0.363. The number of hydrogen-bond donors (Lipinski definition) is 2. The summed E-state index contributed by atoms with van der Waals surface area (Å²) in [6.07, 6.45) is -1.37. The fraction of sp³-hybridized carbons (Fsp3) is 0.643. The Labute approximate surface area is 337 Å². The van der Waals surface area contributed by atoms with Crippen LogP contribution in [0.15, 0.2) is 30.5 Å². The molecule has 4 atom stereocenters. The number of amides is 1. The molecule has 0 spiro atoms. The van der Waals surface area contributed by atoms with Crippen molar-refractivity contribution in [2.24, 2.45) is 11.1 Å². The first kappa shape index (κ1) is 40.8. The minimum Gasteiger partial charge on any atom is -0.464 e. The van der Waals surface area contributed by atoms with Gasteiger partial charge in [0.25, 0.3) is 5.91 Å². The second-order valence-electron chi connectivity index (χ2n) is 17.8. The maximum Gasteiger partial charge on any atom is 0.406 e. The van der Waals surface area contributed by atoms with Gasteiger partial charge in [-0.05, 0) is 61.4 Å². The summed E-state index contributed by atoms with van der Waals surface area (Å²) in [6.45, 7) is 13.2. The van der Waals surface area contributed by atoms with E-state index in [4.69, 9.17) is 24.9 Å². The van der Waals surface area contributed by atoms with Crippen molar-refractivity contribution < 1.29 is 37.0 Å². The Morgan fingerprint density at radius 3 is 2.62 bits per heavy atom. The number of benzene rings is 1. The van der Waals surface area contributed by atoms with Crippen LogP contribution in [0, 0.1) is 5.41 Å². The van der Waals surface area contributed by atoms with Crippen LogP contribution < -0.4 is 21.0 Å². The van der Waals surface area contributed by atoms with Crippen LogP contribution in [0.4, 0.5) is 24.5 Å². The molecule has 3 aromatic rings. The first-order valence-corrected chi connectivity index (χ1v) is 20.8. The van der Waals surface area contributed by atoms with Gasteiger partial charge in [0.05, 0.1) is 67.9 Å². The number of carbonyl (C=O) groups is 2. The third-order valence-electron chi connectivity index (χ3n) is 12.3. The molecule has 0 radical (unpaired) electrons. The van der Waals surface area contributed by atoms with E-state index in [1.807, 2.05) is 52.1 Å². The molecule has 316 valence electrons. The Balaban J connectivity index is 1.28. The number of fused-ring (bicyclic) bond motifs is 7. The van der Waals surface area contributed by atoms with Crippen LogP contribution in [-0.4, -0.2) is 134 Å². The number of esters is 1. The second-order valence-corrected chi connectivity index (χ2v) is 17.8. The summed E-state index contributed by atoms with van der Waals surface area (Å²) in [4.78, 5) is 38.9. The number of nitrogens with one attached hydrogen (secondary N) is 1. The average molecular weight is 811 g/mol. The van der Waals surface area contributed by atoms with Crippen LogP contribution in [0.5, 0.6) is 0 Å². The molecule has 0 saturated carbocycles. The maximum atomic E-state index is 14.8. The number of carbonyl (C=O) groups excluding carboxylic acids is 2. The van der Waals surface area contributed by atoms with Gasteiger partial charge in [0, 0.05) is 73.4 Å². The fourth-order valence-corrected chi connectivity index (χ4v) is 9.40. The number of aromatic nitrogens is 2. The molecule has 58 heavy (non-hydrogen) atoms. The summed E-state index contributed by atoms with van der Waals surface area (Å²) >= 11 is 0. The van der Waals surface area contributed by atoms with Crippen molar-refractivity contribution in [2.45, 2.75) is 96.2 Å². The van der Waals surface area contributed by atoms with Crippen LogP contribution in [0.1, 0.15) is 64.1 Å². The lowest BCUT2D eigenvalue weighted by atomic mass is 9.84. The van der Waals surface area contributed by atoms with E-state index in [-0.39, 0.29) is 37.0 Å². The van der Waals surface area contributed by atoms with Gasteiger partial charge in [-0.1, -0.05) is 27.7 Å². The van der Waals surface area contributed by atoms with E-state index >= 15 is 0 Å². The number of halogens is 3. The first-order chi connectivity index (χ1) is 27.6. The summed E-state index contributed by atoms with van der Waals surface area (Å²) in [6, 6.07) is 6.33. The third-order valence-corrected chi connectivity index (χ3v) is 12.3. The number of hydrogen-bond acceptors (Lipinski definition) is 11. The summed E-state index contributed by atoms with van der Waals surface area (Å²) in [5.74, 6) is -0.892. The van der Waals surface area contributed by atoms with Crippen molar-refractivity contribution in [3.8, 4) is 11.3 Å². The van der Waals surface area contributed by atoms with Crippen molar-refractivity contribution in [1.29, 1.82) is 0 Å². The molecule has 7 heterocycles. The highest BCUT2D eigenvalue weighted by Gasteiger charge is 2.38. The molecule has 5 aliphatic rings. The van der Waals surface area contributed by atoms with Gasteiger partial charge in [-0.15, -0.1) is 0 Å². The molecule has 1 amide bonds. The van der Waals surface area contributed by atoms with Gasteiger partial charge in [-0.3, -0.25) is 24.5 Å². The van der Waals surface area contributed by atoms with Crippen molar-refractivity contribution >= 4 is 34.2 Å². The summed E-state index contributed by atoms with van der Waals surface area (Å²) in [7, 11) is 0. The molecule has 4 saturated heterocycles. The van der Waals surface area contributed by atoms with Gasteiger partial charge >= 0.3 is 12.1 Å². The molecule has 2 aromatic heterocycles. The van der Waals surface area contributed by atoms with E-state index in [2.05, 4.69) is 20.1 Å². The second kappa shape index (κ2) is 16.2. The molecular weight excluding hydrogens is 754 g/mol. The van der Waals surface area contributed by atoms with Gasteiger partial charge in [0.1, 0.15) is 12.6 Å². The van der Waals surface area contributed by atoms with Gasteiger partial charge in [-0.25, -0.2) is 5.43 Å². The number of ether oxygens (including phenoxy) is 3. The number of piperazine rings is 1. The van der Waals surface area contributed by atoms with Gasteiger partial charge < -0.3 is 34.3 Å². The zero-order valence-electron chi connectivity index (χ0n) is 34.0. The van der Waals surface area contributed by atoms with Crippen molar-refractivity contribution in [1.82, 2.24) is 24.9 Å². The Morgan fingerprint density at radius 2 is 1.83 bits per heavy atom. The molecule has 0 aliphatic carbocycles. The van der Waals surface area contributed by atoms with E-state index in [1.165, 1.54) is 9.58 Å². The van der Waals surface area contributed by atoms with Crippen LogP contribution in [-0.2, 0) is 36.8 Å². The van der Waals surface area contributed by atoms with Gasteiger partial charge in [-0.2, -0.15) is 13.2 Å². The molecule has 16 heteroatoms. The predicted molar refractivity (Wildman–Crippen MR) is 215 cm³/mol. The molecule has 1 aromatic carbocycles. The first-order valence-electron chi connectivity index (χ1n) is 20.8. The highest BCUT2D eigenvalue weighted by atomic mass is 19.4. The molecular formula is C42H57F3N8O5. The number of cyclic esters (lactones) is 1. The Kier molecular flexibility index (Phi) is 11.4. The van der Waals surface area contributed by atoms with Crippen molar-refractivity contribution in [3.63, 3.8) is 0 Å². The Morgan fingerprint density at radius 1 is 1.02 bits per heavy atom. The minimum atomic E-state index is -4.52. The number of nitrogens with zero attached hydrogens (tertiary/aromatic N) is 6. The van der Waals surface area contributed by atoms with Gasteiger partial charge in [0.15, 0.2) is 0 Å². The average Bonchev–Trinajstić information content (AvgIpc) is 3.48. The van der Waals surface area contributed by atoms with E-state index in [0.717, 1.165) is 43.1 Å². The summed E-state index contributed by atoms with van der Waals surface area (Å²) in [5.41, 5.74) is 13.6. The lowest BCUT2D eigenvalue weighted by molar-refractivity contribution is -0.155. The summed E-state index contributed by atoms with van der Waals surface area (Å²) < 4.78 is 63.9. The van der Waals surface area contributed by atoms with Crippen LogP contribution in [0.25, 0.3) is 22.2 Å². The van der Waals surface area contributed by atoms with Crippen LogP contribution in [0.2, 0.25) is 0 Å². The topological polar surface area (TPSA) is 131 Å². The number of hydrazine groups is 1. The van der Waals surface area contributed by atoms with Crippen molar-refractivity contribution in [3.05, 3.63) is 41.7 Å². The highest BCUT2D eigenvalue weighted by Crippen LogP contribution is 2.44. The number of nitrogens with two attached hydrogens (primary N) is 1. The number of morpholine rings is 2. The molecule has 6 bridgehead atoms. The standard InChI is InChI=1S/C42H57F3N8O5/c1-26(2)37-32(17-28(20-47-37)50-11-10-49-12-14-56-23-29(49)21-50)38-33-19-41(3,4)25-58-40(55)35-6-5-9-53(48-35)39(54)34(46)18-30-22-51(13-15-57-30)27-7-8-36(31(33)16-27)52(38)24-42(43,44)45/h7-8,16-17,20,26,29-30,34-35,48H,5-6,9-15,18-19,21-25,46H2,1-4H3/t29-,30-,34-,35-/m0/s1. The molecule has 0 unspecified atom stereocenters. The van der Waals surface area contributed by atoms with E-state index in [9.17, 15) is 22.8 Å². The largest absolute Gasteiger partial charge is 0.464 e. The number of alkyl halides is 3. The third kappa shape index (κ3) is 8.53. The molecule has 13 nitrogen and oxygen atoms in total. The normalized spacial score (nSPS) is 26.5. The maximum absolute atomic E-state index is 14.8. The molecule has 8 rings (SSSR count). The predicted octanol–water partition coefficient (Wildman–Crippen LogP) is 4.45.